The van der Waals surface area contributed by atoms with E-state index in [4.69, 9.17) is 19.0 Å². The maximum atomic E-state index is 12.6. The molecule has 16 heteroatoms. The third-order valence-electron chi connectivity index (χ3n) is 10.3. The number of carbonyl (C=O) groups excluding carboxylic acids is 1. The number of nitrogens with zero attached hydrogens (tertiary/aromatic N) is 6. The number of hydrogen-bond donors (Lipinski definition) is 5. The van der Waals surface area contributed by atoms with E-state index in [1.807, 2.05) is 29.1 Å². The second kappa shape index (κ2) is 23.8. The Labute approximate surface area is 327 Å². The zero-order chi connectivity index (χ0) is 38.6. The summed E-state index contributed by atoms with van der Waals surface area (Å²) in [7, 11) is -3.14. The predicted molar refractivity (Wildman–Crippen MR) is 220 cm³/mol. The van der Waals surface area contributed by atoms with Crippen LogP contribution in [0.5, 0.6) is 0 Å². The van der Waals surface area contributed by atoms with E-state index in [1.54, 1.807) is 13.8 Å². The summed E-state index contributed by atoms with van der Waals surface area (Å²) in [6.07, 6.45) is 15.4. The normalized spacial score (nSPS) is 16.1. The van der Waals surface area contributed by atoms with E-state index in [2.05, 4.69) is 47.9 Å². The van der Waals surface area contributed by atoms with Crippen molar-refractivity contribution in [2.75, 3.05) is 75.8 Å². The van der Waals surface area contributed by atoms with Crippen LogP contribution in [0.4, 0.5) is 11.8 Å². The molecule has 1 aliphatic carbocycles. The topological polar surface area (TPSA) is 172 Å². The van der Waals surface area contributed by atoms with Crippen LogP contribution in [0.15, 0.2) is 30.5 Å². The van der Waals surface area contributed by atoms with E-state index in [0.29, 0.717) is 38.2 Å². The van der Waals surface area contributed by atoms with Gasteiger partial charge in [0.15, 0.2) is 0 Å². The first-order valence-electron chi connectivity index (χ1n) is 20.9. The van der Waals surface area contributed by atoms with E-state index in [1.165, 1.54) is 32.1 Å². The average Bonchev–Trinajstić information content (AvgIpc) is 3.65. The van der Waals surface area contributed by atoms with Gasteiger partial charge in [-0.1, -0.05) is 36.6 Å². The van der Waals surface area contributed by atoms with E-state index in [9.17, 15) is 9.36 Å². The Morgan fingerprint density at radius 1 is 0.873 bits per heavy atom. The molecule has 1 saturated heterocycles. The number of benzene rings is 1. The maximum Gasteiger partial charge on any atom is 0.332 e. The van der Waals surface area contributed by atoms with Crippen LogP contribution < -0.4 is 26.6 Å². The number of aryl methyl sites for hydroxylation is 1. The minimum atomic E-state index is -3.14. The number of fused-ring (bicyclic) bond motifs is 1. The minimum Gasteiger partial charge on any atom is -0.367 e. The first kappa shape index (κ1) is 42.9. The molecule has 5 N–H and O–H groups in total. The quantitative estimate of drug-likeness (QED) is 0.0507. The molecule has 2 aromatic heterocycles. The number of rotatable bonds is 26. The monoisotopic (exact) mass is 784 g/mol. The minimum absolute atomic E-state index is 0.0261. The molecule has 5 rings (SSSR count). The molecule has 306 valence electrons. The molecule has 0 radical (unpaired) electrons. The summed E-state index contributed by atoms with van der Waals surface area (Å²) >= 11 is 0. The van der Waals surface area contributed by atoms with Gasteiger partial charge in [-0.05, 0) is 104 Å². The summed E-state index contributed by atoms with van der Waals surface area (Å²) in [5.41, 5.74) is 1.75. The number of aromatic nitrogens is 5. The Balaban J connectivity index is 0.967. The molecule has 0 spiro atoms. The Morgan fingerprint density at radius 2 is 1.65 bits per heavy atom. The van der Waals surface area contributed by atoms with Gasteiger partial charge < -0.3 is 40.5 Å². The van der Waals surface area contributed by atoms with Crippen molar-refractivity contribution in [3.8, 4) is 0 Å². The van der Waals surface area contributed by atoms with Gasteiger partial charge in [-0.3, -0.25) is 14.0 Å². The van der Waals surface area contributed by atoms with Crippen LogP contribution in [-0.4, -0.2) is 113 Å². The fourth-order valence-corrected chi connectivity index (χ4v) is 8.88. The smallest absolute Gasteiger partial charge is 0.332 e. The van der Waals surface area contributed by atoms with Crippen molar-refractivity contribution in [2.45, 2.75) is 116 Å². The van der Waals surface area contributed by atoms with Crippen LogP contribution in [0.2, 0.25) is 0 Å². The molecule has 0 unspecified atom stereocenters. The number of unbranched alkanes of at least 4 members (excludes halogenated alkanes) is 1. The van der Waals surface area contributed by atoms with Crippen LogP contribution in [-0.2, 0) is 31.5 Å². The van der Waals surface area contributed by atoms with Crippen LogP contribution in [0.1, 0.15) is 96.6 Å². The van der Waals surface area contributed by atoms with Gasteiger partial charge in [0, 0.05) is 50.1 Å². The molecule has 1 saturated carbocycles. The number of nitrogens with one attached hydrogen (secondary N) is 5. The second-order valence-corrected chi connectivity index (χ2v) is 16.9. The van der Waals surface area contributed by atoms with Crippen molar-refractivity contribution in [1.82, 2.24) is 45.8 Å². The van der Waals surface area contributed by atoms with Gasteiger partial charge in [0.2, 0.25) is 11.9 Å². The standard InChI is InChI=1S/C39H66N11O4P/c1-3-53-55(52,54-4-2)29-24-42-37(51)18-10-11-25-49-27-19-33(20-28-49)44-38-35-16-8-9-17-36(35)45-39(46-38)43-30-34-31-50(48-47-34)26-13-22-40-21-12-23-41-32-14-6-5-7-15-32/h8-9,16-17,31-33,40-41H,3-7,10-15,18-30H2,1-2H3,(H,42,51)(H2,43,44,45,46). The van der Waals surface area contributed by atoms with Crippen molar-refractivity contribution in [2.24, 2.45) is 0 Å². The molecular formula is C39H66N11O4P. The molecule has 55 heavy (non-hydrogen) atoms. The van der Waals surface area contributed by atoms with Gasteiger partial charge in [0.05, 0.1) is 37.6 Å². The third-order valence-corrected chi connectivity index (χ3v) is 12.4. The van der Waals surface area contributed by atoms with E-state index in [-0.39, 0.29) is 18.6 Å². The number of para-hydroxylation sites is 1. The number of piperidine rings is 1. The Hall–Kier alpha value is -3.20. The van der Waals surface area contributed by atoms with E-state index >= 15 is 0 Å². The number of anilines is 2. The lowest BCUT2D eigenvalue weighted by Crippen LogP contribution is -2.39. The second-order valence-electron chi connectivity index (χ2n) is 14.7. The summed E-state index contributed by atoms with van der Waals surface area (Å²) in [4.78, 5) is 24.5. The molecular weight excluding hydrogens is 717 g/mol. The number of carbonyl (C=O) groups is 1. The molecule has 0 bridgehead atoms. The lowest BCUT2D eigenvalue weighted by Gasteiger charge is -2.32. The number of hydrogen-bond acceptors (Lipinski definition) is 13. The molecule has 1 aromatic carbocycles. The highest BCUT2D eigenvalue weighted by Gasteiger charge is 2.24. The zero-order valence-electron chi connectivity index (χ0n) is 33.3. The van der Waals surface area contributed by atoms with Gasteiger partial charge in [-0.15, -0.1) is 5.10 Å². The molecule has 0 atom stereocenters. The van der Waals surface area contributed by atoms with Gasteiger partial charge >= 0.3 is 7.60 Å². The first-order chi connectivity index (χ1) is 26.9. The van der Waals surface area contributed by atoms with Gasteiger partial charge in [-0.2, -0.15) is 4.98 Å². The molecule has 1 aliphatic heterocycles. The molecule has 15 nitrogen and oxygen atoms in total. The predicted octanol–water partition coefficient (Wildman–Crippen LogP) is 5.55. The zero-order valence-corrected chi connectivity index (χ0v) is 34.2. The van der Waals surface area contributed by atoms with E-state index < -0.39 is 7.60 Å². The molecule has 3 aromatic rings. The Morgan fingerprint density at radius 3 is 2.45 bits per heavy atom. The Bertz CT molecular complexity index is 1590. The van der Waals surface area contributed by atoms with Crippen LogP contribution in [0, 0.1) is 0 Å². The van der Waals surface area contributed by atoms with Crippen molar-refractivity contribution < 1.29 is 18.4 Å². The maximum absolute atomic E-state index is 12.6. The van der Waals surface area contributed by atoms with Crippen molar-refractivity contribution in [3.63, 3.8) is 0 Å². The summed E-state index contributed by atoms with van der Waals surface area (Å²) in [6.45, 7) is 11.9. The lowest BCUT2D eigenvalue weighted by atomic mass is 9.95. The third kappa shape index (κ3) is 15.3. The largest absolute Gasteiger partial charge is 0.367 e. The SMILES string of the molecule is CCOP(=O)(CCNC(=O)CCCCN1CCC(Nc2nc(NCc3cn(CCCNCCCNC4CCCCC4)nn3)nc3ccccc23)CC1)OCC. The molecule has 2 aliphatic rings. The van der Waals surface area contributed by atoms with Crippen molar-refractivity contribution in [3.05, 3.63) is 36.2 Å². The molecule has 3 heterocycles. The highest BCUT2D eigenvalue weighted by Crippen LogP contribution is 2.47. The first-order valence-corrected chi connectivity index (χ1v) is 22.6. The Kier molecular flexibility index (Phi) is 18.6. The lowest BCUT2D eigenvalue weighted by molar-refractivity contribution is -0.121. The molecule has 1 amide bonds. The summed E-state index contributed by atoms with van der Waals surface area (Å²) < 4.78 is 25.1. The van der Waals surface area contributed by atoms with Crippen LogP contribution in [0.25, 0.3) is 10.9 Å². The van der Waals surface area contributed by atoms with Crippen molar-refractivity contribution >= 4 is 36.2 Å². The van der Waals surface area contributed by atoms with Gasteiger partial charge in [0.25, 0.3) is 0 Å². The average molecular weight is 784 g/mol. The summed E-state index contributed by atoms with van der Waals surface area (Å²) in [6, 6.07) is 9.16. The van der Waals surface area contributed by atoms with Gasteiger partial charge in [0.1, 0.15) is 11.5 Å². The highest BCUT2D eigenvalue weighted by atomic mass is 31.2. The molecule has 2 fully saturated rings. The fraction of sp³-hybridized carbons (Fsp3) is 0.718. The summed E-state index contributed by atoms with van der Waals surface area (Å²) in [5, 5.41) is 27.0. The highest BCUT2D eigenvalue weighted by molar-refractivity contribution is 7.53. The fourth-order valence-electron chi connectivity index (χ4n) is 7.38. The van der Waals surface area contributed by atoms with Crippen molar-refractivity contribution in [1.29, 1.82) is 0 Å². The van der Waals surface area contributed by atoms with E-state index in [0.717, 1.165) is 113 Å². The number of likely N-dealkylation sites (tertiary alicyclic amines) is 1. The van der Waals surface area contributed by atoms with Gasteiger partial charge in [-0.25, -0.2) is 4.98 Å². The van der Waals surface area contributed by atoms with Crippen LogP contribution >= 0.6 is 7.60 Å². The number of amides is 1. The van der Waals surface area contributed by atoms with Crippen LogP contribution in [0.3, 0.4) is 0 Å². The summed E-state index contributed by atoms with van der Waals surface area (Å²) in [5.74, 6) is 1.39.